The normalized spacial score (nSPS) is 19.7. The Morgan fingerprint density at radius 1 is 1.24 bits per heavy atom. The van der Waals surface area contributed by atoms with Gasteiger partial charge in [0.2, 0.25) is 0 Å². The van der Waals surface area contributed by atoms with Crippen molar-refractivity contribution in [2.75, 3.05) is 26.7 Å². The number of likely N-dealkylation sites (tertiary alicyclic amines) is 1. The second-order valence-corrected chi connectivity index (χ2v) is 8.89. The number of carboxylic acids is 1. The number of benzene rings is 1. The first-order valence-corrected chi connectivity index (χ1v) is 11.8. The molecule has 0 amide bonds. The highest BCUT2D eigenvalue weighted by Crippen LogP contribution is 2.35. The molecule has 1 aromatic carbocycles. The minimum atomic E-state index is -1.18. The van der Waals surface area contributed by atoms with Crippen molar-refractivity contribution in [1.82, 2.24) is 19.9 Å². The first-order valence-electron chi connectivity index (χ1n) is 11.8. The fourth-order valence-electron chi connectivity index (χ4n) is 4.88. The Hall–Kier alpha value is -3.13. The van der Waals surface area contributed by atoms with E-state index in [0.717, 1.165) is 49.1 Å². The Bertz CT molecular complexity index is 1100. The number of piperidine rings is 1. The third-order valence-corrected chi connectivity index (χ3v) is 6.76. The molecule has 2 aromatic heterocycles. The number of hydrogen-bond acceptors (Lipinski definition) is 6. The van der Waals surface area contributed by atoms with Gasteiger partial charge in [0.25, 0.3) is 0 Å². The molecule has 180 valence electrons. The molecule has 0 spiro atoms. The molecule has 7 nitrogen and oxygen atoms in total. The second-order valence-electron chi connectivity index (χ2n) is 8.89. The highest BCUT2D eigenvalue weighted by molar-refractivity contribution is 5.83. The summed E-state index contributed by atoms with van der Waals surface area (Å²) in [6.45, 7) is 2.14. The van der Waals surface area contributed by atoms with Crippen LogP contribution in [0.25, 0.3) is 10.9 Å². The molecule has 0 bridgehead atoms. The molecule has 1 N–H and O–H groups in total. The molecular weight excluding hydrogens is 435 g/mol. The van der Waals surface area contributed by atoms with Crippen LogP contribution < -0.4 is 4.74 Å². The van der Waals surface area contributed by atoms with Crippen LogP contribution in [0.3, 0.4) is 0 Å². The molecule has 0 aliphatic carbocycles. The number of methoxy groups -OCH3 is 1. The smallest absolute Gasteiger partial charge is 0.308 e. The first kappa shape index (κ1) is 24.0. The summed E-state index contributed by atoms with van der Waals surface area (Å²) in [7, 11) is 1.58. The highest BCUT2D eigenvalue weighted by atomic mass is 19.1. The third-order valence-electron chi connectivity index (χ3n) is 6.76. The summed E-state index contributed by atoms with van der Waals surface area (Å²) in [5.74, 6) is 0.152. The number of halogens is 1. The van der Waals surface area contributed by atoms with E-state index in [2.05, 4.69) is 19.9 Å². The number of rotatable bonds is 10. The van der Waals surface area contributed by atoms with Crippen LogP contribution in [0, 0.1) is 11.8 Å². The van der Waals surface area contributed by atoms with Gasteiger partial charge >= 0.3 is 5.97 Å². The largest absolute Gasteiger partial charge is 0.497 e. The summed E-state index contributed by atoms with van der Waals surface area (Å²) in [5, 5.41) is 10.6. The van der Waals surface area contributed by atoms with Gasteiger partial charge in [-0.3, -0.25) is 9.78 Å². The van der Waals surface area contributed by atoms with E-state index in [1.165, 1.54) is 0 Å². The van der Waals surface area contributed by atoms with Crippen molar-refractivity contribution in [2.45, 2.75) is 38.3 Å². The van der Waals surface area contributed by atoms with Crippen molar-refractivity contribution in [3.8, 4) is 5.75 Å². The standard InChI is InChI=1S/C26H31FN4O3/c1-34-19-6-8-24-21(16-19)20(9-13-28-24)23(27)7-5-18-10-15-31(17-22(18)26(32)33)14-2-4-25-29-11-3-12-30-25/h3,6,8-9,11-13,16,18,22-23H,2,4-5,7,10,14-15,17H2,1H3,(H,32,33)/t18-,22+,23?/m1/s1. The second kappa shape index (κ2) is 11.3. The summed E-state index contributed by atoms with van der Waals surface area (Å²) in [6.07, 6.45) is 7.14. The van der Waals surface area contributed by atoms with Crippen LogP contribution >= 0.6 is 0 Å². The minimum Gasteiger partial charge on any atom is -0.497 e. The van der Waals surface area contributed by atoms with E-state index < -0.39 is 18.1 Å². The fourth-order valence-corrected chi connectivity index (χ4v) is 4.88. The number of aliphatic carboxylic acids is 1. The summed E-state index contributed by atoms with van der Waals surface area (Å²) in [4.78, 5) is 27.0. The number of hydrogen-bond donors (Lipinski definition) is 1. The van der Waals surface area contributed by atoms with E-state index in [1.54, 1.807) is 37.8 Å². The van der Waals surface area contributed by atoms with Crippen LogP contribution in [0.5, 0.6) is 5.75 Å². The molecule has 0 radical (unpaired) electrons. The molecule has 1 fully saturated rings. The van der Waals surface area contributed by atoms with E-state index in [0.29, 0.717) is 24.3 Å². The predicted molar refractivity (Wildman–Crippen MR) is 127 cm³/mol. The predicted octanol–water partition coefficient (Wildman–Crippen LogP) is 4.48. The average Bonchev–Trinajstić information content (AvgIpc) is 2.87. The van der Waals surface area contributed by atoms with Crippen LogP contribution in [-0.4, -0.2) is 57.7 Å². The van der Waals surface area contributed by atoms with E-state index in [1.807, 2.05) is 18.2 Å². The fraction of sp³-hybridized carbons (Fsp3) is 0.462. The molecule has 1 saturated heterocycles. The zero-order valence-corrected chi connectivity index (χ0v) is 19.4. The van der Waals surface area contributed by atoms with Crippen LogP contribution in [0.15, 0.2) is 48.9 Å². The Balaban J connectivity index is 1.34. The Kier molecular flexibility index (Phi) is 8.00. The van der Waals surface area contributed by atoms with Gasteiger partial charge in [0.05, 0.1) is 18.5 Å². The molecule has 1 unspecified atom stereocenters. The molecular formula is C26H31FN4O3. The van der Waals surface area contributed by atoms with Crippen LogP contribution in [0.1, 0.15) is 43.2 Å². The van der Waals surface area contributed by atoms with E-state index in [4.69, 9.17) is 4.74 Å². The molecule has 3 heterocycles. The van der Waals surface area contributed by atoms with Gasteiger partial charge in [0, 0.05) is 36.9 Å². The average molecular weight is 467 g/mol. The molecule has 8 heteroatoms. The lowest BCUT2D eigenvalue weighted by molar-refractivity contribution is -0.146. The van der Waals surface area contributed by atoms with Crippen molar-refractivity contribution in [1.29, 1.82) is 0 Å². The van der Waals surface area contributed by atoms with Gasteiger partial charge in [-0.25, -0.2) is 14.4 Å². The lowest BCUT2D eigenvalue weighted by Gasteiger charge is -2.36. The number of pyridine rings is 1. The van der Waals surface area contributed by atoms with Crippen molar-refractivity contribution < 1.29 is 19.0 Å². The number of aromatic nitrogens is 3. The molecule has 3 aromatic rings. The van der Waals surface area contributed by atoms with Crippen molar-refractivity contribution >= 4 is 16.9 Å². The van der Waals surface area contributed by atoms with Gasteiger partial charge in [-0.1, -0.05) is 0 Å². The van der Waals surface area contributed by atoms with Crippen LogP contribution in [0.2, 0.25) is 0 Å². The number of nitrogens with zero attached hydrogens (tertiary/aromatic N) is 4. The van der Waals surface area contributed by atoms with Gasteiger partial charge < -0.3 is 14.7 Å². The Morgan fingerprint density at radius 2 is 2.06 bits per heavy atom. The lowest BCUT2D eigenvalue weighted by Crippen LogP contribution is -2.44. The number of fused-ring (bicyclic) bond motifs is 1. The maximum absolute atomic E-state index is 15.4. The number of carbonyl (C=O) groups is 1. The van der Waals surface area contributed by atoms with Crippen molar-refractivity contribution in [2.24, 2.45) is 11.8 Å². The quantitative estimate of drug-likeness (QED) is 0.471. The highest BCUT2D eigenvalue weighted by Gasteiger charge is 2.34. The Morgan fingerprint density at radius 3 is 2.82 bits per heavy atom. The van der Waals surface area contributed by atoms with E-state index >= 15 is 4.39 Å². The first-order chi connectivity index (χ1) is 16.5. The van der Waals surface area contributed by atoms with Gasteiger partial charge in [-0.15, -0.1) is 0 Å². The zero-order chi connectivity index (χ0) is 23.9. The van der Waals surface area contributed by atoms with Crippen molar-refractivity contribution in [3.05, 3.63) is 60.3 Å². The van der Waals surface area contributed by atoms with Crippen molar-refractivity contribution in [3.63, 3.8) is 0 Å². The molecule has 1 aliphatic heterocycles. The monoisotopic (exact) mass is 466 g/mol. The van der Waals surface area contributed by atoms with Gasteiger partial charge in [-0.2, -0.15) is 0 Å². The topological polar surface area (TPSA) is 88.4 Å². The van der Waals surface area contributed by atoms with Crippen LogP contribution in [-0.2, 0) is 11.2 Å². The van der Waals surface area contributed by atoms with E-state index in [9.17, 15) is 9.90 Å². The molecule has 1 aliphatic rings. The lowest BCUT2D eigenvalue weighted by atomic mass is 9.81. The SMILES string of the molecule is COc1ccc2nccc(C(F)CC[C@@H]3CCN(CCCc4ncccn4)C[C@@H]3C(=O)O)c2c1. The number of alkyl halides is 1. The summed E-state index contributed by atoms with van der Waals surface area (Å²) in [6, 6.07) is 8.94. The summed E-state index contributed by atoms with van der Waals surface area (Å²) in [5.41, 5.74) is 1.30. The minimum absolute atomic E-state index is 0.0351. The summed E-state index contributed by atoms with van der Waals surface area (Å²) < 4.78 is 20.6. The Labute approximate surface area is 199 Å². The number of aryl methyl sites for hydroxylation is 1. The molecule has 4 rings (SSSR count). The van der Waals surface area contributed by atoms with Gasteiger partial charge in [0.1, 0.15) is 17.7 Å². The maximum Gasteiger partial charge on any atom is 0.308 e. The summed E-state index contributed by atoms with van der Waals surface area (Å²) >= 11 is 0. The zero-order valence-electron chi connectivity index (χ0n) is 19.4. The van der Waals surface area contributed by atoms with Crippen LogP contribution in [0.4, 0.5) is 4.39 Å². The number of carboxylic acid groups (broad SMARTS) is 1. The number of ether oxygens (including phenoxy) is 1. The van der Waals surface area contributed by atoms with Gasteiger partial charge in [-0.05, 0) is 80.6 Å². The molecule has 3 atom stereocenters. The van der Waals surface area contributed by atoms with E-state index in [-0.39, 0.29) is 12.3 Å². The molecule has 0 saturated carbocycles. The molecule has 34 heavy (non-hydrogen) atoms. The third kappa shape index (κ3) is 5.86. The maximum atomic E-state index is 15.4. The van der Waals surface area contributed by atoms with Gasteiger partial charge in [0.15, 0.2) is 0 Å².